The van der Waals surface area contributed by atoms with Crippen LogP contribution in [-0.4, -0.2) is 22.7 Å². The van der Waals surface area contributed by atoms with Gasteiger partial charge in [0.05, 0.1) is 0 Å². The highest BCUT2D eigenvalue weighted by molar-refractivity contribution is 6.83. The maximum absolute atomic E-state index is 5.56. The third kappa shape index (κ3) is 2.23. The minimum atomic E-state index is -1.37. The Balaban J connectivity index is 2.55. The smallest absolute Gasteiger partial charge is 0.240 e. The zero-order valence-electron chi connectivity index (χ0n) is 9.65. The molecule has 4 nitrogen and oxygen atoms in total. The van der Waals surface area contributed by atoms with E-state index in [9.17, 15) is 0 Å². The van der Waals surface area contributed by atoms with Gasteiger partial charge in [-0.05, 0) is 12.1 Å². The quantitative estimate of drug-likeness (QED) is 0.552. The number of nitrogen functional groups attached to an aromatic ring is 1. The molecule has 5 heteroatoms. The summed E-state index contributed by atoms with van der Waals surface area (Å²) in [5.41, 5.74) is 10.4. The lowest BCUT2D eigenvalue weighted by Crippen LogP contribution is -2.16. The van der Waals surface area contributed by atoms with Crippen molar-refractivity contribution >= 4 is 19.7 Å². The fourth-order valence-electron chi connectivity index (χ4n) is 1.27. The number of hydrogen-bond acceptors (Lipinski definition) is 3. The molecule has 0 amide bonds. The van der Waals surface area contributed by atoms with Crippen LogP contribution in [-0.2, 0) is 0 Å². The van der Waals surface area contributed by atoms with E-state index in [1.54, 1.807) is 4.52 Å². The Morgan fingerprint density at radius 2 is 2.06 bits per heavy atom. The van der Waals surface area contributed by atoms with Crippen LogP contribution in [0.4, 0.5) is 5.95 Å². The van der Waals surface area contributed by atoms with E-state index in [4.69, 9.17) is 5.73 Å². The van der Waals surface area contributed by atoms with E-state index in [-0.39, 0.29) is 5.95 Å². The molecular formula is C11H14N4Si. The first kappa shape index (κ1) is 10.7. The van der Waals surface area contributed by atoms with Crippen LogP contribution in [0, 0.1) is 11.5 Å². The maximum atomic E-state index is 5.56. The zero-order chi connectivity index (χ0) is 11.8. The van der Waals surface area contributed by atoms with Gasteiger partial charge in [0, 0.05) is 0 Å². The molecule has 0 radical (unpaired) electrons. The Kier molecular flexibility index (Phi) is 2.44. The van der Waals surface area contributed by atoms with Gasteiger partial charge in [0.15, 0.2) is 5.65 Å². The van der Waals surface area contributed by atoms with Crippen LogP contribution in [0.15, 0.2) is 18.2 Å². The molecule has 0 saturated heterocycles. The lowest BCUT2D eigenvalue weighted by atomic mass is 10.3. The topological polar surface area (TPSA) is 56.2 Å². The minimum absolute atomic E-state index is 0.280. The van der Waals surface area contributed by atoms with Gasteiger partial charge in [0.25, 0.3) is 0 Å². The van der Waals surface area contributed by atoms with Crippen LogP contribution in [0.5, 0.6) is 0 Å². The fourth-order valence-corrected chi connectivity index (χ4v) is 1.77. The molecule has 2 rings (SSSR count). The van der Waals surface area contributed by atoms with Crippen LogP contribution < -0.4 is 5.73 Å². The standard InChI is InChI=1S/C11H14N4Si/c1-16(2,3)8-7-9-5-4-6-10-13-11(12)14-15(9)10/h4-6H,1-3H3,(H2,12,14). The molecule has 0 saturated carbocycles. The van der Waals surface area contributed by atoms with Crippen molar-refractivity contribution in [3.8, 4) is 11.5 Å². The number of aromatic nitrogens is 3. The Morgan fingerprint density at radius 3 is 2.75 bits per heavy atom. The van der Waals surface area contributed by atoms with Crippen molar-refractivity contribution in [1.82, 2.24) is 14.6 Å². The molecule has 2 heterocycles. The highest BCUT2D eigenvalue weighted by Crippen LogP contribution is 2.06. The van der Waals surface area contributed by atoms with Crippen molar-refractivity contribution in [3.63, 3.8) is 0 Å². The van der Waals surface area contributed by atoms with Gasteiger partial charge in [-0.1, -0.05) is 31.6 Å². The predicted molar refractivity (Wildman–Crippen MR) is 67.6 cm³/mol. The molecular weight excluding hydrogens is 216 g/mol. The highest BCUT2D eigenvalue weighted by Gasteiger charge is 2.08. The van der Waals surface area contributed by atoms with Gasteiger partial charge in [-0.15, -0.1) is 10.6 Å². The molecule has 0 bridgehead atoms. The highest BCUT2D eigenvalue weighted by atomic mass is 28.3. The SMILES string of the molecule is C[Si](C)(C)C#Cc1cccc2nc(N)nn12. The summed E-state index contributed by atoms with van der Waals surface area (Å²) < 4.78 is 1.68. The summed E-state index contributed by atoms with van der Waals surface area (Å²) in [6.07, 6.45) is 0. The van der Waals surface area contributed by atoms with Crippen molar-refractivity contribution in [1.29, 1.82) is 0 Å². The van der Waals surface area contributed by atoms with Gasteiger partial charge >= 0.3 is 0 Å². The van der Waals surface area contributed by atoms with Crippen molar-refractivity contribution in [2.24, 2.45) is 0 Å². The normalized spacial score (nSPS) is 11.2. The van der Waals surface area contributed by atoms with E-state index < -0.39 is 8.07 Å². The molecule has 0 aliphatic rings. The van der Waals surface area contributed by atoms with E-state index in [1.165, 1.54) is 0 Å². The van der Waals surface area contributed by atoms with E-state index in [1.807, 2.05) is 18.2 Å². The minimum Gasteiger partial charge on any atom is -0.366 e. The monoisotopic (exact) mass is 230 g/mol. The van der Waals surface area contributed by atoms with E-state index in [0.717, 1.165) is 11.3 Å². The van der Waals surface area contributed by atoms with Crippen molar-refractivity contribution in [2.75, 3.05) is 5.73 Å². The summed E-state index contributed by atoms with van der Waals surface area (Å²) in [6.45, 7) is 6.61. The summed E-state index contributed by atoms with van der Waals surface area (Å²) in [4.78, 5) is 4.09. The third-order valence-corrected chi connectivity index (χ3v) is 2.82. The van der Waals surface area contributed by atoms with Gasteiger partial charge in [0.2, 0.25) is 5.95 Å². The summed E-state index contributed by atoms with van der Waals surface area (Å²) in [6, 6.07) is 5.70. The molecule has 2 aromatic rings. The molecule has 82 valence electrons. The fraction of sp³-hybridized carbons (Fsp3) is 0.273. The van der Waals surface area contributed by atoms with Crippen molar-refractivity contribution < 1.29 is 0 Å². The average molecular weight is 230 g/mol. The number of fused-ring (bicyclic) bond motifs is 1. The lowest BCUT2D eigenvalue weighted by molar-refractivity contribution is 0.951. The molecule has 0 aliphatic carbocycles. The van der Waals surface area contributed by atoms with Crippen molar-refractivity contribution in [2.45, 2.75) is 19.6 Å². The van der Waals surface area contributed by atoms with Gasteiger partial charge in [-0.25, -0.2) is 4.52 Å². The first-order chi connectivity index (χ1) is 7.46. The molecule has 0 fully saturated rings. The first-order valence-electron chi connectivity index (χ1n) is 5.10. The summed E-state index contributed by atoms with van der Waals surface area (Å²) in [5.74, 6) is 3.44. The number of hydrogen-bond donors (Lipinski definition) is 1. The second kappa shape index (κ2) is 3.65. The molecule has 0 spiro atoms. The van der Waals surface area contributed by atoms with Gasteiger partial charge < -0.3 is 5.73 Å². The number of rotatable bonds is 0. The Hall–Kier alpha value is -1.80. The Bertz CT molecular complexity index is 583. The molecule has 2 aromatic heterocycles. The molecule has 0 unspecified atom stereocenters. The Morgan fingerprint density at radius 1 is 1.31 bits per heavy atom. The second-order valence-corrected chi connectivity index (χ2v) is 9.40. The van der Waals surface area contributed by atoms with E-state index >= 15 is 0 Å². The van der Waals surface area contributed by atoms with E-state index in [0.29, 0.717) is 0 Å². The molecule has 2 N–H and O–H groups in total. The molecule has 0 atom stereocenters. The summed E-state index contributed by atoms with van der Waals surface area (Å²) in [5, 5.41) is 4.11. The van der Waals surface area contributed by atoms with Crippen LogP contribution in [0.1, 0.15) is 5.69 Å². The van der Waals surface area contributed by atoms with Gasteiger partial charge in [-0.2, -0.15) is 4.98 Å². The number of nitrogens with two attached hydrogens (primary N) is 1. The molecule has 0 aliphatic heterocycles. The van der Waals surface area contributed by atoms with Crippen LogP contribution in [0.3, 0.4) is 0 Å². The van der Waals surface area contributed by atoms with E-state index in [2.05, 4.69) is 41.2 Å². The summed E-state index contributed by atoms with van der Waals surface area (Å²) in [7, 11) is -1.37. The largest absolute Gasteiger partial charge is 0.366 e. The number of nitrogens with zero attached hydrogens (tertiary/aromatic N) is 3. The molecule has 0 aromatic carbocycles. The predicted octanol–water partition coefficient (Wildman–Crippen LogP) is 1.54. The summed E-state index contributed by atoms with van der Waals surface area (Å²) >= 11 is 0. The third-order valence-electron chi connectivity index (χ3n) is 1.94. The number of anilines is 1. The van der Waals surface area contributed by atoms with Gasteiger partial charge in [-0.3, -0.25) is 0 Å². The van der Waals surface area contributed by atoms with Crippen LogP contribution in [0.25, 0.3) is 5.65 Å². The van der Waals surface area contributed by atoms with Crippen molar-refractivity contribution in [3.05, 3.63) is 23.9 Å². The van der Waals surface area contributed by atoms with Crippen LogP contribution in [0.2, 0.25) is 19.6 Å². The lowest BCUT2D eigenvalue weighted by Gasteiger charge is -2.03. The van der Waals surface area contributed by atoms with Gasteiger partial charge in [0.1, 0.15) is 13.8 Å². The van der Waals surface area contributed by atoms with Crippen LogP contribution >= 0.6 is 0 Å². The first-order valence-corrected chi connectivity index (χ1v) is 8.60. The Labute approximate surface area is 95.5 Å². The maximum Gasteiger partial charge on any atom is 0.240 e. The zero-order valence-corrected chi connectivity index (χ0v) is 10.7. The average Bonchev–Trinajstić information content (AvgIpc) is 2.54. The number of pyridine rings is 1. The second-order valence-electron chi connectivity index (χ2n) is 4.65. The molecule has 16 heavy (non-hydrogen) atoms.